The van der Waals surface area contributed by atoms with Crippen LogP contribution in [0.15, 0.2) is 5.38 Å². The van der Waals surface area contributed by atoms with Crippen LogP contribution in [0.2, 0.25) is 0 Å². The molecule has 0 bridgehead atoms. The van der Waals surface area contributed by atoms with Gasteiger partial charge >= 0.3 is 0 Å². The highest BCUT2D eigenvalue weighted by Crippen LogP contribution is 2.23. The van der Waals surface area contributed by atoms with Crippen LogP contribution >= 0.6 is 11.3 Å². The molecule has 5 nitrogen and oxygen atoms in total. The summed E-state index contributed by atoms with van der Waals surface area (Å²) in [6.45, 7) is 9.48. The van der Waals surface area contributed by atoms with Crippen molar-refractivity contribution in [2.75, 3.05) is 13.1 Å². The fraction of sp³-hybridized carbons (Fsp3) is 0.733. The van der Waals surface area contributed by atoms with E-state index < -0.39 is 0 Å². The van der Waals surface area contributed by atoms with Crippen LogP contribution in [0, 0.1) is 5.92 Å². The maximum absolute atomic E-state index is 12.5. The van der Waals surface area contributed by atoms with Crippen molar-refractivity contribution in [1.29, 1.82) is 0 Å². The Morgan fingerprint density at radius 1 is 1.48 bits per heavy atom. The lowest BCUT2D eigenvalue weighted by Gasteiger charge is -2.34. The fourth-order valence-corrected chi connectivity index (χ4v) is 3.48. The molecule has 1 aromatic heterocycles. The molecule has 3 atom stereocenters. The molecule has 21 heavy (non-hydrogen) atoms. The molecule has 0 radical (unpaired) electrons. The molecule has 0 spiro atoms. The van der Waals surface area contributed by atoms with Crippen LogP contribution in [-0.4, -0.2) is 41.1 Å². The highest BCUT2D eigenvalue weighted by Gasteiger charge is 2.28. The molecule has 2 heterocycles. The predicted molar refractivity (Wildman–Crippen MR) is 84.4 cm³/mol. The minimum atomic E-state index is -0.0842. The Hall–Kier alpha value is -0.980. The number of morpholine rings is 1. The SMILES string of the molecule is CC(C)CC(N)c1nc(C(=O)N2CC(C)OC(C)C2)cs1. The van der Waals surface area contributed by atoms with Crippen LogP contribution < -0.4 is 5.73 Å². The minimum absolute atomic E-state index is 0.0174. The van der Waals surface area contributed by atoms with Crippen LogP contribution in [0.3, 0.4) is 0 Å². The van der Waals surface area contributed by atoms with Gasteiger partial charge in [0, 0.05) is 18.5 Å². The number of rotatable bonds is 4. The third-order valence-electron chi connectivity index (χ3n) is 3.49. The van der Waals surface area contributed by atoms with Crippen molar-refractivity contribution >= 4 is 17.2 Å². The van der Waals surface area contributed by atoms with E-state index in [0.717, 1.165) is 11.4 Å². The average Bonchev–Trinajstić information content (AvgIpc) is 2.85. The predicted octanol–water partition coefficient (Wildman–Crippen LogP) is 2.44. The number of carbonyl (C=O) groups excluding carboxylic acids is 1. The Kier molecular flexibility index (Phi) is 5.35. The van der Waals surface area contributed by atoms with Crippen molar-refractivity contribution in [3.05, 3.63) is 16.1 Å². The monoisotopic (exact) mass is 311 g/mol. The molecule has 1 saturated heterocycles. The van der Waals surface area contributed by atoms with Crippen molar-refractivity contribution in [2.24, 2.45) is 11.7 Å². The molecule has 0 saturated carbocycles. The second-order valence-corrected chi connectivity index (χ2v) is 7.16. The topological polar surface area (TPSA) is 68.5 Å². The summed E-state index contributed by atoms with van der Waals surface area (Å²) in [6, 6.07) is -0.0842. The lowest BCUT2D eigenvalue weighted by atomic mass is 10.1. The van der Waals surface area contributed by atoms with Crippen LogP contribution in [0.4, 0.5) is 0 Å². The number of ether oxygens (including phenoxy) is 1. The molecule has 2 rings (SSSR count). The van der Waals surface area contributed by atoms with Crippen molar-refractivity contribution in [2.45, 2.75) is 52.4 Å². The highest BCUT2D eigenvalue weighted by atomic mass is 32.1. The van der Waals surface area contributed by atoms with Gasteiger partial charge in [0.2, 0.25) is 0 Å². The van der Waals surface area contributed by atoms with Gasteiger partial charge in [0.15, 0.2) is 0 Å². The summed E-state index contributed by atoms with van der Waals surface area (Å²) in [5, 5.41) is 2.67. The summed E-state index contributed by atoms with van der Waals surface area (Å²) >= 11 is 1.48. The van der Waals surface area contributed by atoms with E-state index in [1.165, 1.54) is 11.3 Å². The molecule has 3 unspecified atom stereocenters. The zero-order valence-electron chi connectivity index (χ0n) is 13.2. The number of carbonyl (C=O) groups is 1. The molecule has 6 heteroatoms. The van der Waals surface area contributed by atoms with E-state index in [-0.39, 0.29) is 24.2 Å². The van der Waals surface area contributed by atoms with Gasteiger partial charge in [-0.05, 0) is 26.2 Å². The molecule has 0 aromatic carbocycles. The number of thiazole rings is 1. The zero-order valence-corrected chi connectivity index (χ0v) is 14.0. The Balaban J connectivity index is 2.05. The molecular formula is C15H25N3O2S. The van der Waals surface area contributed by atoms with Gasteiger partial charge in [-0.1, -0.05) is 13.8 Å². The number of hydrogen-bond acceptors (Lipinski definition) is 5. The number of nitrogens with zero attached hydrogens (tertiary/aromatic N) is 2. The molecule has 118 valence electrons. The first-order valence-corrected chi connectivity index (χ1v) is 8.40. The number of hydrogen-bond donors (Lipinski definition) is 1. The normalized spacial score (nSPS) is 24.4. The summed E-state index contributed by atoms with van der Waals surface area (Å²) in [5.74, 6) is 0.500. The fourth-order valence-electron chi connectivity index (χ4n) is 2.67. The van der Waals surface area contributed by atoms with Crippen molar-refractivity contribution in [1.82, 2.24) is 9.88 Å². The van der Waals surface area contributed by atoms with E-state index in [4.69, 9.17) is 10.5 Å². The number of nitrogens with two attached hydrogens (primary N) is 1. The Morgan fingerprint density at radius 3 is 2.67 bits per heavy atom. The maximum Gasteiger partial charge on any atom is 0.273 e. The third-order valence-corrected chi connectivity index (χ3v) is 4.47. The molecule has 1 aromatic rings. The lowest BCUT2D eigenvalue weighted by molar-refractivity contribution is -0.0587. The first-order valence-electron chi connectivity index (χ1n) is 7.52. The second kappa shape index (κ2) is 6.85. The standard InChI is InChI=1S/C15H25N3O2S/c1-9(2)5-12(16)14-17-13(8-21-14)15(19)18-6-10(3)20-11(4)7-18/h8-12H,5-7,16H2,1-4H3. The molecule has 1 aliphatic heterocycles. The summed E-state index contributed by atoms with van der Waals surface area (Å²) in [4.78, 5) is 18.8. The summed E-state index contributed by atoms with van der Waals surface area (Å²) in [5.41, 5.74) is 6.64. The second-order valence-electron chi connectivity index (χ2n) is 6.27. The van der Waals surface area contributed by atoms with Gasteiger partial charge in [0.05, 0.1) is 18.2 Å². The smallest absolute Gasteiger partial charge is 0.273 e. The van der Waals surface area contributed by atoms with E-state index in [0.29, 0.717) is 24.7 Å². The molecule has 1 amide bonds. The van der Waals surface area contributed by atoms with Gasteiger partial charge in [-0.2, -0.15) is 0 Å². The Labute approximate surface area is 130 Å². The Morgan fingerprint density at radius 2 is 2.10 bits per heavy atom. The minimum Gasteiger partial charge on any atom is -0.372 e. The first-order chi connectivity index (χ1) is 9.86. The van der Waals surface area contributed by atoms with Crippen LogP contribution in [0.25, 0.3) is 0 Å². The third kappa shape index (κ3) is 4.25. The summed E-state index contributed by atoms with van der Waals surface area (Å²) in [6.07, 6.45) is 1.02. The van der Waals surface area contributed by atoms with Gasteiger partial charge in [0.25, 0.3) is 5.91 Å². The maximum atomic E-state index is 12.5. The van der Waals surface area contributed by atoms with E-state index in [1.807, 2.05) is 24.1 Å². The molecular weight excluding hydrogens is 286 g/mol. The first kappa shape index (κ1) is 16.4. The van der Waals surface area contributed by atoms with Gasteiger partial charge in [-0.3, -0.25) is 4.79 Å². The van der Waals surface area contributed by atoms with Crippen molar-refractivity contribution in [3.63, 3.8) is 0 Å². The highest BCUT2D eigenvalue weighted by molar-refractivity contribution is 7.09. The number of amides is 1. The van der Waals surface area contributed by atoms with E-state index in [2.05, 4.69) is 18.8 Å². The van der Waals surface area contributed by atoms with Crippen LogP contribution in [-0.2, 0) is 4.74 Å². The zero-order chi connectivity index (χ0) is 15.6. The average molecular weight is 311 g/mol. The van der Waals surface area contributed by atoms with Gasteiger partial charge in [-0.25, -0.2) is 4.98 Å². The van der Waals surface area contributed by atoms with Gasteiger partial charge in [0.1, 0.15) is 10.7 Å². The Bertz CT molecular complexity index is 479. The van der Waals surface area contributed by atoms with Gasteiger partial charge in [-0.15, -0.1) is 11.3 Å². The van der Waals surface area contributed by atoms with E-state index in [9.17, 15) is 4.79 Å². The lowest BCUT2D eigenvalue weighted by Crippen LogP contribution is -2.48. The van der Waals surface area contributed by atoms with Gasteiger partial charge < -0.3 is 15.4 Å². The molecule has 2 N–H and O–H groups in total. The molecule has 1 aliphatic rings. The summed E-state index contributed by atoms with van der Waals surface area (Å²) in [7, 11) is 0. The summed E-state index contributed by atoms with van der Waals surface area (Å²) < 4.78 is 5.66. The largest absolute Gasteiger partial charge is 0.372 e. The van der Waals surface area contributed by atoms with Crippen LogP contribution in [0.5, 0.6) is 0 Å². The van der Waals surface area contributed by atoms with Crippen molar-refractivity contribution in [3.8, 4) is 0 Å². The molecule has 0 aliphatic carbocycles. The quantitative estimate of drug-likeness (QED) is 0.927. The van der Waals surface area contributed by atoms with E-state index in [1.54, 1.807) is 0 Å². The van der Waals surface area contributed by atoms with Crippen molar-refractivity contribution < 1.29 is 9.53 Å². The number of aromatic nitrogens is 1. The van der Waals surface area contributed by atoms with Crippen LogP contribution in [0.1, 0.15) is 55.7 Å². The van der Waals surface area contributed by atoms with E-state index >= 15 is 0 Å². The molecule has 1 fully saturated rings.